The van der Waals surface area contributed by atoms with Gasteiger partial charge in [-0.1, -0.05) is 6.07 Å². The van der Waals surface area contributed by atoms with E-state index in [1.165, 1.54) is 17.0 Å². The number of carbonyl (C=O) groups is 2. The Kier molecular flexibility index (Phi) is 4.52. The highest BCUT2D eigenvalue weighted by atomic mass is 19.1. The van der Waals surface area contributed by atoms with Gasteiger partial charge in [0.15, 0.2) is 0 Å². The Morgan fingerprint density at radius 1 is 1.30 bits per heavy atom. The molecule has 1 aromatic rings. The number of hydrogen-bond donors (Lipinski definition) is 2. The van der Waals surface area contributed by atoms with Gasteiger partial charge in [0, 0.05) is 19.7 Å². The topological polar surface area (TPSA) is 78.9 Å². The van der Waals surface area contributed by atoms with Gasteiger partial charge in [-0.3, -0.25) is 0 Å². The van der Waals surface area contributed by atoms with Crippen LogP contribution in [0.3, 0.4) is 0 Å². The third-order valence-corrected chi connectivity index (χ3v) is 2.99. The molecule has 108 valence electrons. The van der Waals surface area contributed by atoms with Gasteiger partial charge in [0.1, 0.15) is 5.82 Å². The second kappa shape index (κ2) is 6.33. The van der Waals surface area contributed by atoms with Crippen LogP contribution in [0.15, 0.2) is 18.2 Å². The van der Waals surface area contributed by atoms with Gasteiger partial charge in [-0.15, -0.1) is 0 Å². The maximum absolute atomic E-state index is 13.7. The molecule has 0 aromatic heterocycles. The Balaban J connectivity index is 2.16. The molecular formula is C13H15FN2O4. The largest absolute Gasteiger partial charge is 0.478 e. The summed E-state index contributed by atoms with van der Waals surface area (Å²) in [6.07, 6.45) is 0.691. The number of carboxylic acid groups (broad SMARTS) is 1. The van der Waals surface area contributed by atoms with Gasteiger partial charge in [0.05, 0.1) is 17.9 Å². The number of para-hydroxylation sites is 1. The molecule has 0 saturated carbocycles. The zero-order valence-electron chi connectivity index (χ0n) is 10.8. The highest BCUT2D eigenvalue weighted by Crippen LogP contribution is 2.20. The first-order valence-corrected chi connectivity index (χ1v) is 6.25. The molecule has 2 N–H and O–H groups in total. The minimum Gasteiger partial charge on any atom is -0.478 e. The van der Waals surface area contributed by atoms with Crippen molar-refractivity contribution in [2.45, 2.75) is 6.42 Å². The third kappa shape index (κ3) is 3.24. The molecule has 20 heavy (non-hydrogen) atoms. The van der Waals surface area contributed by atoms with E-state index < -0.39 is 17.8 Å². The number of hydrogen-bond acceptors (Lipinski definition) is 3. The van der Waals surface area contributed by atoms with E-state index in [2.05, 4.69) is 5.32 Å². The number of aromatic carboxylic acids is 1. The minimum absolute atomic E-state index is 0.274. The molecule has 1 fully saturated rings. The van der Waals surface area contributed by atoms with Crippen LogP contribution < -0.4 is 5.32 Å². The van der Waals surface area contributed by atoms with Crippen LogP contribution in [-0.2, 0) is 4.74 Å². The normalized spacial score (nSPS) is 15.6. The number of ether oxygens (including phenoxy) is 1. The summed E-state index contributed by atoms with van der Waals surface area (Å²) in [7, 11) is 0. The summed E-state index contributed by atoms with van der Waals surface area (Å²) in [6.45, 7) is 1.87. The van der Waals surface area contributed by atoms with Crippen molar-refractivity contribution in [3.63, 3.8) is 0 Å². The number of carboxylic acids is 1. The summed E-state index contributed by atoms with van der Waals surface area (Å²) in [5, 5.41) is 11.3. The van der Waals surface area contributed by atoms with E-state index in [1.807, 2.05) is 0 Å². The number of carbonyl (C=O) groups excluding carboxylic acids is 1. The molecule has 2 amide bonds. The van der Waals surface area contributed by atoms with Gasteiger partial charge >= 0.3 is 12.0 Å². The average Bonchev–Trinajstić information content (AvgIpc) is 2.69. The smallest absolute Gasteiger partial charge is 0.337 e. The lowest BCUT2D eigenvalue weighted by Crippen LogP contribution is -2.37. The van der Waals surface area contributed by atoms with Crippen molar-refractivity contribution < 1.29 is 23.8 Å². The fraction of sp³-hybridized carbons (Fsp3) is 0.385. The molecular weight excluding hydrogens is 267 g/mol. The van der Waals surface area contributed by atoms with E-state index in [9.17, 15) is 14.0 Å². The van der Waals surface area contributed by atoms with Crippen molar-refractivity contribution in [2.75, 3.05) is 31.6 Å². The van der Waals surface area contributed by atoms with Crippen molar-refractivity contribution in [3.8, 4) is 0 Å². The Bertz CT molecular complexity index is 513. The summed E-state index contributed by atoms with van der Waals surface area (Å²) in [4.78, 5) is 24.6. The predicted molar refractivity (Wildman–Crippen MR) is 69.4 cm³/mol. The Hall–Kier alpha value is -2.15. The molecule has 0 spiro atoms. The van der Waals surface area contributed by atoms with Crippen LogP contribution in [0.2, 0.25) is 0 Å². The summed E-state index contributed by atoms with van der Waals surface area (Å²) in [5.41, 5.74) is -0.584. The lowest BCUT2D eigenvalue weighted by molar-refractivity contribution is 0.0697. The van der Waals surface area contributed by atoms with Gasteiger partial charge < -0.3 is 20.1 Å². The van der Waals surface area contributed by atoms with E-state index in [4.69, 9.17) is 9.84 Å². The number of rotatable bonds is 2. The van der Waals surface area contributed by atoms with Crippen molar-refractivity contribution in [1.82, 2.24) is 4.90 Å². The Morgan fingerprint density at radius 2 is 2.10 bits per heavy atom. The molecule has 1 aromatic carbocycles. The minimum atomic E-state index is -1.29. The quantitative estimate of drug-likeness (QED) is 0.866. The van der Waals surface area contributed by atoms with Crippen LogP contribution in [0.5, 0.6) is 0 Å². The molecule has 6 nitrogen and oxygen atoms in total. The highest BCUT2D eigenvalue weighted by molar-refractivity contribution is 6.00. The molecule has 1 aliphatic heterocycles. The predicted octanol–water partition coefficient (Wildman–Crippen LogP) is 1.78. The van der Waals surface area contributed by atoms with Gasteiger partial charge in [-0.2, -0.15) is 0 Å². The molecule has 1 saturated heterocycles. The zero-order valence-corrected chi connectivity index (χ0v) is 10.8. The van der Waals surface area contributed by atoms with Crippen molar-refractivity contribution >= 4 is 17.7 Å². The summed E-state index contributed by atoms with van der Waals surface area (Å²) in [6, 6.07) is 3.11. The molecule has 0 radical (unpaired) electrons. The molecule has 0 aliphatic carbocycles. The second-order valence-electron chi connectivity index (χ2n) is 4.35. The first-order valence-electron chi connectivity index (χ1n) is 6.25. The highest BCUT2D eigenvalue weighted by Gasteiger charge is 2.20. The molecule has 0 atom stereocenters. The third-order valence-electron chi connectivity index (χ3n) is 2.99. The van der Waals surface area contributed by atoms with E-state index >= 15 is 0 Å². The number of urea groups is 1. The van der Waals surface area contributed by atoms with E-state index in [1.54, 1.807) is 0 Å². The van der Waals surface area contributed by atoms with Crippen molar-refractivity contribution in [3.05, 3.63) is 29.6 Å². The lowest BCUT2D eigenvalue weighted by atomic mass is 10.1. The van der Waals surface area contributed by atoms with Gasteiger partial charge in [-0.25, -0.2) is 14.0 Å². The van der Waals surface area contributed by atoms with Crippen LogP contribution in [0.25, 0.3) is 0 Å². The van der Waals surface area contributed by atoms with Gasteiger partial charge in [0.2, 0.25) is 0 Å². The van der Waals surface area contributed by atoms with Crippen molar-refractivity contribution in [1.29, 1.82) is 0 Å². The summed E-state index contributed by atoms with van der Waals surface area (Å²) >= 11 is 0. The average molecular weight is 282 g/mol. The molecule has 0 unspecified atom stereocenters. The number of anilines is 1. The summed E-state index contributed by atoms with van der Waals surface area (Å²) < 4.78 is 18.9. The van der Waals surface area contributed by atoms with E-state index in [0.29, 0.717) is 32.7 Å². The first-order chi connectivity index (χ1) is 9.59. The number of nitrogens with zero attached hydrogens (tertiary/aromatic N) is 1. The number of halogens is 1. The maximum atomic E-state index is 13.7. The van der Waals surface area contributed by atoms with Crippen LogP contribution in [0.4, 0.5) is 14.9 Å². The molecule has 1 aliphatic rings. The molecule has 2 rings (SSSR count). The van der Waals surface area contributed by atoms with E-state index in [-0.39, 0.29) is 11.3 Å². The van der Waals surface area contributed by atoms with Crippen LogP contribution in [0, 0.1) is 5.82 Å². The fourth-order valence-electron chi connectivity index (χ4n) is 1.96. The SMILES string of the molecule is O=C(O)c1cccc(F)c1NC(=O)N1CCCOCC1. The summed E-state index contributed by atoms with van der Waals surface area (Å²) in [5.74, 6) is -2.07. The fourth-order valence-corrected chi connectivity index (χ4v) is 1.96. The number of nitrogens with one attached hydrogen (secondary N) is 1. The van der Waals surface area contributed by atoms with Gasteiger partial charge in [0.25, 0.3) is 0 Å². The Morgan fingerprint density at radius 3 is 2.85 bits per heavy atom. The van der Waals surface area contributed by atoms with Crippen LogP contribution in [0.1, 0.15) is 16.8 Å². The van der Waals surface area contributed by atoms with Crippen LogP contribution in [-0.4, -0.2) is 48.3 Å². The Labute approximate surface area is 115 Å². The monoisotopic (exact) mass is 282 g/mol. The van der Waals surface area contributed by atoms with Crippen LogP contribution >= 0.6 is 0 Å². The first kappa shape index (κ1) is 14.3. The second-order valence-corrected chi connectivity index (χ2v) is 4.35. The molecule has 0 bridgehead atoms. The van der Waals surface area contributed by atoms with Gasteiger partial charge in [-0.05, 0) is 18.6 Å². The number of amides is 2. The maximum Gasteiger partial charge on any atom is 0.337 e. The molecule has 7 heteroatoms. The van der Waals surface area contributed by atoms with Crippen molar-refractivity contribution in [2.24, 2.45) is 0 Å². The molecule has 1 heterocycles. The van der Waals surface area contributed by atoms with E-state index in [0.717, 1.165) is 6.07 Å². The lowest BCUT2D eigenvalue weighted by Gasteiger charge is -2.20. The standard InChI is InChI=1S/C13H15FN2O4/c14-10-4-1-3-9(12(17)18)11(10)15-13(19)16-5-2-7-20-8-6-16/h1,3-4H,2,5-8H2,(H,15,19)(H,17,18). The zero-order chi connectivity index (χ0) is 14.5. The number of benzene rings is 1.